The molecule has 11 nitrogen and oxygen atoms in total. The molecule has 5 rings (SSSR count). The number of hydrogen-bond acceptors (Lipinski definition) is 8. The van der Waals surface area contributed by atoms with E-state index in [2.05, 4.69) is 46.4 Å². The molecule has 0 aliphatic heterocycles. The van der Waals surface area contributed by atoms with Gasteiger partial charge in [-0.3, -0.25) is 10.1 Å². The number of H-pyrrole nitrogens is 1. The fraction of sp³-hybridized carbons (Fsp3) is 0.207. The quantitative estimate of drug-likeness (QED) is 0.203. The van der Waals surface area contributed by atoms with Crippen molar-refractivity contribution in [3.63, 3.8) is 0 Å². The SMILES string of the molecule is COc1ccccc1-n1nc(C(C)(C)C)cc1NC(=O)Nc1ccc(Oc2ccnc3[nH]c(=O)cnc23)cc1SC. The van der Waals surface area contributed by atoms with Crippen LogP contribution in [0.1, 0.15) is 26.5 Å². The number of fused-ring (bicyclic) bond motifs is 1. The second kappa shape index (κ2) is 11.3. The molecule has 0 atom stereocenters. The van der Waals surface area contributed by atoms with Gasteiger partial charge in [-0.05, 0) is 36.6 Å². The number of urea groups is 1. The van der Waals surface area contributed by atoms with E-state index in [9.17, 15) is 9.59 Å². The summed E-state index contributed by atoms with van der Waals surface area (Å²) in [4.78, 5) is 36.5. The van der Waals surface area contributed by atoms with E-state index in [1.54, 1.807) is 30.0 Å². The Morgan fingerprint density at radius 3 is 2.59 bits per heavy atom. The minimum Gasteiger partial charge on any atom is -0.494 e. The molecule has 0 saturated heterocycles. The molecule has 3 heterocycles. The first-order valence-electron chi connectivity index (χ1n) is 12.7. The number of thioether (sulfide) groups is 1. The van der Waals surface area contributed by atoms with Crippen LogP contribution in [0.15, 0.2) is 76.7 Å². The molecule has 3 aromatic heterocycles. The highest BCUT2D eigenvalue weighted by Crippen LogP contribution is 2.34. The Balaban J connectivity index is 1.39. The van der Waals surface area contributed by atoms with E-state index in [0.717, 1.165) is 10.6 Å². The molecule has 41 heavy (non-hydrogen) atoms. The van der Waals surface area contributed by atoms with Crippen LogP contribution in [-0.2, 0) is 5.41 Å². The lowest BCUT2D eigenvalue weighted by molar-refractivity contribution is 0.262. The fourth-order valence-corrected chi connectivity index (χ4v) is 4.64. The van der Waals surface area contributed by atoms with E-state index in [1.165, 1.54) is 24.2 Å². The van der Waals surface area contributed by atoms with Gasteiger partial charge in [0.1, 0.15) is 28.5 Å². The maximum absolute atomic E-state index is 13.2. The molecule has 3 N–H and O–H groups in total. The number of anilines is 2. The second-order valence-electron chi connectivity index (χ2n) is 10.0. The Morgan fingerprint density at radius 2 is 1.83 bits per heavy atom. The number of aromatic amines is 1. The first-order valence-corrected chi connectivity index (χ1v) is 13.9. The Bertz CT molecular complexity index is 1790. The van der Waals surface area contributed by atoms with Gasteiger partial charge in [-0.25, -0.2) is 19.4 Å². The molecule has 5 aromatic rings. The Hall–Kier alpha value is -4.84. The number of amides is 2. The van der Waals surface area contributed by atoms with Crippen molar-refractivity contribution in [3.8, 4) is 22.9 Å². The van der Waals surface area contributed by atoms with Gasteiger partial charge in [-0.1, -0.05) is 32.9 Å². The number of benzene rings is 2. The van der Waals surface area contributed by atoms with E-state index in [1.807, 2.05) is 42.7 Å². The van der Waals surface area contributed by atoms with Crippen molar-refractivity contribution in [2.24, 2.45) is 0 Å². The molecular formula is C29H29N7O4S. The highest BCUT2D eigenvalue weighted by Gasteiger charge is 2.23. The first kappa shape index (κ1) is 27.7. The third-order valence-corrected chi connectivity index (χ3v) is 6.90. The van der Waals surface area contributed by atoms with Crippen molar-refractivity contribution < 1.29 is 14.3 Å². The van der Waals surface area contributed by atoms with Crippen LogP contribution in [0, 0.1) is 0 Å². The molecule has 0 fully saturated rings. The molecule has 0 aliphatic rings. The highest BCUT2D eigenvalue weighted by molar-refractivity contribution is 7.98. The normalized spacial score (nSPS) is 11.3. The minimum absolute atomic E-state index is 0.243. The summed E-state index contributed by atoms with van der Waals surface area (Å²) in [7, 11) is 1.60. The zero-order valence-electron chi connectivity index (χ0n) is 23.2. The molecule has 0 aliphatic carbocycles. The zero-order valence-corrected chi connectivity index (χ0v) is 24.0. The van der Waals surface area contributed by atoms with Crippen molar-refractivity contribution in [3.05, 3.63) is 83.0 Å². The molecule has 0 unspecified atom stereocenters. The van der Waals surface area contributed by atoms with Crippen LogP contribution >= 0.6 is 11.8 Å². The predicted molar refractivity (Wildman–Crippen MR) is 160 cm³/mol. The number of carbonyl (C=O) groups is 1. The summed E-state index contributed by atoms with van der Waals surface area (Å²) in [5, 5.41) is 10.6. The summed E-state index contributed by atoms with van der Waals surface area (Å²) >= 11 is 1.45. The minimum atomic E-state index is -0.432. The summed E-state index contributed by atoms with van der Waals surface area (Å²) in [6.45, 7) is 6.18. The predicted octanol–water partition coefficient (Wildman–Crippen LogP) is 5.97. The summed E-state index contributed by atoms with van der Waals surface area (Å²) < 4.78 is 13.3. The van der Waals surface area contributed by atoms with E-state index < -0.39 is 6.03 Å². The molecule has 0 bridgehead atoms. The molecular weight excluding hydrogens is 542 g/mol. The van der Waals surface area contributed by atoms with Gasteiger partial charge in [0.2, 0.25) is 0 Å². The van der Waals surface area contributed by atoms with Gasteiger partial charge in [0.05, 0.1) is 24.7 Å². The van der Waals surface area contributed by atoms with Crippen LogP contribution in [0.5, 0.6) is 17.2 Å². The Labute approximate surface area is 240 Å². The van der Waals surface area contributed by atoms with Crippen molar-refractivity contribution >= 4 is 40.5 Å². The second-order valence-corrected chi connectivity index (χ2v) is 10.9. The fourth-order valence-electron chi connectivity index (χ4n) is 4.07. The van der Waals surface area contributed by atoms with Crippen molar-refractivity contribution in [2.75, 3.05) is 24.0 Å². The molecule has 2 aromatic carbocycles. The van der Waals surface area contributed by atoms with Crippen LogP contribution in [-0.4, -0.2) is 44.1 Å². The van der Waals surface area contributed by atoms with Gasteiger partial charge in [0, 0.05) is 28.6 Å². The van der Waals surface area contributed by atoms with E-state index in [4.69, 9.17) is 14.6 Å². The highest BCUT2D eigenvalue weighted by atomic mass is 32.2. The Morgan fingerprint density at radius 1 is 1.02 bits per heavy atom. The largest absolute Gasteiger partial charge is 0.494 e. The maximum atomic E-state index is 13.2. The monoisotopic (exact) mass is 571 g/mol. The lowest BCUT2D eigenvalue weighted by Crippen LogP contribution is -2.21. The van der Waals surface area contributed by atoms with E-state index in [-0.39, 0.29) is 11.0 Å². The van der Waals surface area contributed by atoms with Crippen LogP contribution in [0.25, 0.3) is 16.9 Å². The summed E-state index contributed by atoms with van der Waals surface area (Å²) in [5.74, 6) is 2.10. The van der Waals surface area contributed by atoms with Crippen LogP contribution in [0.3, 0.4) is 0 Å². The average Bonchev–Trinajstić information content (AvgIpc) is 3.37. The Kier molecular flexibility index (Phi) is 7.66. The number of pyridine rings is 1. The number of nitrogens with zero attached hydrogens (tertiary/aromatic N) is 4. The van der Waals surface area contributed by atoms with Crippen molar-refractivity contribution in [1.29, 1.82) is 0 Å². The van der Waals surface area contributed by atoms with Crippen LogP contribution in [0.4, 0.5) is 16.3 Å². The lowest BCUT2D eigenvalue weighted by atomic mass is 9.92. The molecule has 0 radical (unpaired) electrons. The van der Waals surface area contributed by atoms with Crippen LogP contribution in [0.2, 0.25) is 0 Å². The zero-order chi connectivity index (χ0) is 29.1. The van der Waals surface area contributed by atoms with Gasteiger partial charge in [0.15, 0.2) is 11.4 Å². The third-order valence-electron chi connectivity index (χ3n) is 6.12. The molecule has 0 spiro atoms. The molecule has 0 saturated carbocycles. The topological polar surface area (TPSA) is 136 Å². The van der Waals surface area contributed by atoms with Gasteiger partial charge < -0.3 is 19.8 Å². The first-order chi connectivity index (χ1) is 19.7. The summed E-state index contributed by atoms with van der Waals surface area (Å²) in [6, 6.07) is 15.9. The van der Waals surface area contributed by atoms with Crippen molar-refractivity contribution in [1.82, 2.24) is 24.7 Å². The van der Waals surface area contributed by atoms with E-state index in [0.29, 0.717) is 45.6 Å². The maximum Gasteiger partial charge on any atom is 0.324 e. The number of aromatic nitrogens is 5. The van der Waals surface area contributed by atoms with Gasteiger partial charge >= 0.3 is 6.03 Å². The van der Waals surface area contributed by atoms with E-state index >= 15 is 0 Å². The number of hydrogen-bond donors (Lipinski definition) is 3. The van der Waals surface area contributed by atoms with Gasteiger partial charge in [-0.15, -0.1) is 11.8 Å². The molecule has 12 heteroatoms. The summed E-state index contributed by atoms with van der Waals surface area (Å²) in [6.07, 6.45) is 4.62. The number of ether oxygens (including phenoxy) is 2. The van der Waals surface area contributed by atoms with Crippen LogP contribution < -0.4 is 25.7 Å². The van der Waals surface area contributed by atoms with Gasteiger partial charge in [-0.2, -0.15) is 5.10 Å². The number of carbonyl (C=O) groups excluding carboxylic acids is 1. The number of rotatable bonds is 7. The average molecular weight is 572 g/mol. The molecule has 2 amide bonds. The molecule has 210 valence electrons. The number of nitrogens with one attached hydrogen (secondary N) is 3. The standard InChI is InChI=1S/C29H29N7O4S/c1-29(2,3)23-15-24(36(35-23)19-8-6-7-9-20(19)39-4)33-28(38)32-18-11-10-17(14-22(18)41-5)40-21-12-13-30-27-26(21)31-16-25(37)34-27/h6-16H,1-5H3,(H,30,34,37)(H2,32,33,38). The third kappa shape index (κ3) is 6.02. The summed E-state index contributed by atoms with van der Waals surface area (Å²) in [5.41, 5.74) is 2.29. The van der Waals surface area contributed by atoms with Crippen molar-refractivity contribution in [2.45, 2.75) is 31.1 Å². The number of para-hydroxylation sites is 2. The number of methoxy groups -OCH3 is 1. The smallest absolute Gasteiger partial charge is 0.324 e. The lowest BCUT2D eigenvalue weighted by Gasteiger charge is -2.15. The van der Waals surface area contributed by atoms with Gasteiger partial charge in [0.25, 0.3) is 5.56 Å².